The molecule has 2 aromatic heterocycles. The number of hydrogen-bond acceptors (Lipinski definition) is 2. The topological polar surface area (TPSA) is 30.7 Å². The summed E-state index contributed by atoms with van der Waals surface area (Å²) in [6, 6.07) is 26.3. The molecule has 2 heterocycles. The molecule has 0 aliphatic heterocycles. The summed E-state index contributed by atoms with van der Waals surface area (Å²) in [5.74, 6) is 0.586. The van der Waals surface area contributed by atoms with Crippen molar-refractivity contribution in [2.24, 2.45) is 13.0 Å². The lowest BCUT2D eigenvalue weighted by molar-refractivity contribution is 0.650. The fourth-order valence-electron chi connectivity index (χ4n) is 5.16. The first kappa shape index (κ1) is 19.0. The molecule has 0 bridgehead atoms. The van der Waals surface area contributed by atoms with Crippen LogP contribution >= 0.6 is 0 Å². The van der Waals surface area contributed by atoms with Gasteiger partial charge >= 0.3 is 0 Å². The molecule has 0 fully saturated rings. The lowest BCUT2D eigenvalue weighted by Gasteiger charge is -2.13. The van der Waals surface area contributed by atoms with Gasteiger partial charge in [0.25, 0.3) is 0 Å². The maximum absolute atomic E-state index is 4.82. The number of hydrogen-bond donors (Lipinski definition) is 0. The Kier molecular flexibility index (Phi) is 4.25. The van der Waals surface area contributed by atoms with Gasteiger partial charge in [-0.05, 0) is 46.2 Å². The van der Waals surface area contributed by atoms with Crippen LogP contribution in [-0.2, 0) is 13.5 Å². The fraction of sp³-hybridized carbons (Fsp3) is 0.172. The minimum Gasteiger partial charge on any atom is -0.328 e. The van der Waals surface area contributed by atoms with Gasteiger partial charge in [0.1, 0.15) is 12.0 Å². The van der Waals surface area contributed by atoms with Gasteiger partial charge in [-0.15, -0.1) is 0 Å². The molecule has 0 saturated heterocycles. The highest BCUT2D eigenvalue weighted by Gasteiger charge is 2.18. The van der Waals surface area contributed by atoms with Crippen molar-refractivity contribution < 1.29 is 0 Å². The molecule has 3 nitrogen and oxygen atoms in total. The third-order valence-corrected chi connectivity index (χ3v) is 6.50. The maximum Gasteiger partial charge on any atom is 0.144 e. The van der Waals surface area contributed by atoms with Gasteiger partial charge in [-0.2, -0.15) is 0 Å². The number of fused-ring (bicyclic) bond motifs is 6. The molecule has 0 aliphatic carbocycles. The third-order valence-electron chi connectivity index (χ3n) is 6.50. The van der Waals surface area contributed by atoms with Crippen LogP contribution in [0, 0.1) is 5.92 Å². The van der Waals surface area contributed by atoms with Crippen molar-refractivity contribution in [1.29, 1.82) is 0 Å². The van der Waals surface area contributed by atoms with E-state index in [1.54, 1.807) is 6.33 Å². The Morgan fingerprint density at radius 3 is 2.34 bits per heavy atom. The zero-order valence-corrected chi connectivity index (χ0v) is 18.6. The van der Waals surface area contributed by atoms with Crippen molar-refractivity contribution in [3.63, 3.8) is 0 Å². The highest BCUT2D eigenvalue weighted by Crippen LogP contribution is 2.38. The van der Waals surface area contributed by atoms with E-state index >= 15 is 0 Å². The first-order chi connectivity index (χ1) is 15.6. The molecule has 3 heteroatoms. The number of aromatic nitrogens is 3. The minimum absolute atomic E-state index is 0.586. The van der Waals surface area contributed by atoms with E-state index in [-0.39, 0.29) is 0 Å². The monoisotopic (exact) mass is 415 g/mol. The molecular formula is C29H25N3. The van der Waals surface area contributed by atoms with Crippen LogP contribution in [0.3, 0.4) is 0 Å². The first-order valence-electron chi connectivity index (χ1n) is 11.2. The smallest absolute Gasteiger partial charge is 0.144 e. The molecule has 0 unspecified atom stereocenters. The Morgan fingerprint density at radius 2 is 1.53 bits per heavy atom. The van der Waals surface area contributed by atoms with Gasteiger partial charge in [0.2, 0.25) is 0 Å². The highest BCUT2D eigenvalue weighted by atomic mass is 15.0. The van der Waals surface area contributed by atoms with Crippen LogP contribution in [0.25, 0.3) is 54.7 Å². The van der Waals surface area contributed by atoms with E-state index in [0.29, 0.717) is 5.92 Å². The molecule has 32 heavy (non-hydrogen) atoms. The number of rotatable bonds is 3. The average Bonchev–Trinajstić information content (AvgIpc) is 3.11. The molecule has 0 amide bonds. The summed E-state index contributed by atoms with van der Waals surface area (Å²) in [4.78, 5) is 9.52. The Hall–Kier alpha value is -3.72. The van der Waals surface area contributed by atoms with Gasteiger partial charge in [0.05, 0.1) is 16.6 Å². The molecule has 0 spiro atoms. The Morgan fingerprint density at radius 1 is 0.781 bits per heavy atom. The van der Waals surface area contributed by atoms with Crippen molar-refractivity contribution in [3.8, 4) is 11.3 Å². The zero-order valence-electron chi connectivity index (χ0n) is 18.6. The molecule has 0 atom stereocenters. The quantitative estimate of drug-likeness (QED) is 0.304. The molecular weight excluding hydrogens is 390 g/mol. The van der Waals surface area contributed by atoms with E-state index in [4.69, 9.17) is 9.97 Å². The Bertz CT molecular complexity index is 1640. The van der Waals surface area contributed by atoms with Crippen LogP contribution in [0.4, 0.5) is 0 Å². The second-order valence-electron chi connectivity index (χ2n) is 9.12. The van der Waals surface area contributed by atoms with Crippen LogP contribution in [0.2, 0.25) is 0 Å². The molecule has 6 rings (SSSR count). The third kappa shape index (κ3) is 2.81. The normalized spacial score (nSPS) is 12.0. The number of aryl methyl sites for hydroxylation is 1. The van der Waals surface area contributed by atoms with Gasteiger partial charge in [0.15, 0.2) is 0 Å². The number of nitrogens with zero attached hydrogens (tertiary/aromatic N) is 3. The lowest BCUT2D eigenvalue weighted by Crippen LogP contribution is -1.97. The highest BCUT2D eigenvalue weighted by molar-refractivity contribution is 6.20. The minimum atomic E-state index is 0.586. The Labute approximate surface area is 187 Å². The van der Waals surface area contributed by atoms with Crippen molar-refractivity contribution in [2.45, 2.75) is 20.3 Å². The Balaban J connectivity index is 1.71. The second-order valence-corrected chi connectivity index (χ2v) is 9.12. The summed E-state index contributed by atoms with van der Waals surface area (Å²) >= 11 is 0. The van der Waals surface area contributed by atoms with Crippen molar-refractivity contribution in [1.82, 2.24) is 14.5 Å². The van der Waals surface area contributed by atoms with Gasteiger partial charge in [-0.3, -0.25) is 0 Å². The summed E-state index contributed by atoms with van der Waals surface area (Å²) in [5, 5.41) is 7.41. The summed E-state index contributed by atoms with van der Waals surface area (Å²) in [5.41, 5.74) is 5.73. The summed E-state index contributed by atoms with van der Waals surface area (Å²) in [7, 11) is 2.11. The summed E-state index contributed by atoms with van der Waals surface area (Å²) in [6.07, 6.45) is 2.75. The van der Waals surface area contributed by atoms with Gasteiger partial charge in [-0.1, -0.05) is 74.5 Å². The SMILES string of the molecule is CC(C)Cc1cc(-c2ncnc3c2c2ccc4ccccc4c2n3C)cc2ccccc12. The van der Waals surface area contributed by atoms with Crippen molar-refractivity contribution >= 4 is 43.5 Å². The van der Waals surface area contributed by atoms with Crippen LogP contribution in [0.15, 0.2) is 79.1 Å². The van der Waals surface area contributed by atoms with Gasteiger partial charge < -0.3 is 4.57 Å². The molecule has 0 saturated carbocycles. The standard InChI is InChI=1S/C29H25N3/c1-18(2)14-21-16-22(15-20-9-5-6-10-23(20)21)27-26-25-13-12-19-8-4-7-11-24(19)28(25)32(3)29(26)31-17-30-27/h4-13,15-18H,14H2,1-3H3. The molecule has 0 radical (unpaired) electrons. The largest absolute Gasteiger partial charge is 0.328 e. The van der Waals surface area contributed by atoms with Crippen LogP contribution < -0.4 is 0 Å². The maximum atomic E-state index is 4.82. The van der Waals surface area contributed by atoms with Crippen LogP contribution in [-0.4, -0.2) is 14.5 Å². The lowest BCUT2D eigenvalue weighted by atomic mass is 9.93. The van der Waals surface area contributed by atoms with E-state index < -0.39 is 0 Å². The van der Waals surface area contributed by atoms with Crippen LogP contribution in [0.5, 0.6) is 0 Å². The predicted octanol–water partition coefficient (Wildman–Crippen LogP) is 7.29. The second kappa shape index (κ2) is 7.16. The molecule has 0 aliphatic rings. The fourth-order valence-corrected chi connectivity index (χ4v) is 5.16. The van der Waals surface area contributed by atoms with E-state index in [0.717, 1.165) is 28.7 Å². The summed E-state index contributed by atoms with van der Waals surface area (Å²) < 4.78 is 2.22. The van der Waals surface area contributed by atoms with E-state index in [2.05, 4.69) is 98.3 Å². The number of benzene rings is 4. The van der Waals surface area contributed by atoms with Gasteiger partial charge in [-0.25, -0.2) is 9.97 Å². The van der Waals surface area contributed by atoms with Crippen molar-refractivity contribution in [3.05, 3.63) is 84.7 Å². The molecule has 156 valence electrons. The zero-order chi connectivity index (χ0) is 21.8. The van der Waals surface area contributed by atoms with Gasteiger partial charge in [0, 0.05) is 23.4 Å². The first-order valence-corrected chi connectivity index (χ1v) is 11.2. The van der Waals surface area contributed by atoms with E-state index in [1.807, 2.05) is 0 Å². The molecule has 6 aromatic rings. The summed E-state index contributed by atoms with van der Waals surface area (Å²) in [6.45, 7) is 4.56. The predicted molar refractivity (Wildman–Crippen MR) is 135 cm³/mol. The van der Waals surface area contributed by atoms with Crippen molar-refractivity contribution in [2.75, 3.05) is 0 Å². The average molecular weight is 416 g/mol. The molecule has 4 aromatic carbocycles. The van der Waals surface area contributed by atoms with Crippen LogP contribution in [0.1, 0.15) is 19.4 Å². The van der Waals surface area contributed by atoms with E-state index in [9.17, 15) is 0 Å². The van der Waals surface area contributed by atoms with E-state index in [1.165, 1.54) is 38.0 Å². The molecule has 0 N–H and O–H groups in total.